The third-order valence-corrected chi connectivity index (χ3v) is 20.5. The van der Waals surface area contributed by atoms with E-state index < -0.39 is 21.3 Å². The number of phenolic OH excluding ortho intramolecular Hbond substituents is 1. The Balaban J connectivity index is 0.000000216. The summed E-state index contributed by atoms with van der Waals surface area (Å²) in [5, 5.41) is 3.98. The number of halogens is 2. The van der Waals surface area contributed by atoms with Crippen LogP contribution in [0.25, 0.3) is 0 Å². The zero-order valence-electron chi connectivity index (χ0n) is 50.9. The third kappa shape index (κ3) is 20.8. The van der Waals surface area contributed by atoms with Gasteiger partial charge in [0, 0.05) is 0 Å². The van der Waals surface area contributed by atoms with Crippen molar-refractivity contribution in [2.75, 3.05) is 13.2 Å². The van der Waals surface area contributed by atoms with Gasteiger partial charge in [0.25, 0.3) is 0 Å². The predicted octanol–water partition coefficient (Wildman–Crippen LogP) is 18.4. The van der Waals surface area contributed by atoms with Gasteiger partial charge in [0.1, 0.15) is 17.1 Å². The molecule has 1 N–H and O–H groups in total. The van der Waals surface area contributed by atoms with Gasteiger partial charge in [0.05, 0.1) is 29.5 Å². The molecule has 4 aliphatic carbocycles. The summed E-state index contributed by atoms with van der Waals surface area (Å²) in [6, 6.07) is 47.9. The van der Waals surface area contributed by atoms with Crippen LogP contribution in [0.4, 0.5) is 8.78 Å². The lowest BCUT2D eigenvalue weighted by Crippen LogP contribution is -2.60. The van der Waals surface area contributed by atoms with Crippen molar-refractivity contribution in [1.29, 1.82) is 0 Å². The number of aromatic hydroxyl groups is 1. The highest BCUT2D eigenvalue weighted by molar-refractivity contribution is 7.97. The number of phenols is 1. The molecule has 4 bridgehead atoms. The van der Waals surface area contributed by atoms with E-state index in [1.54, 1.807) is 12.1 Å². The Morgan fingerprint density at radius 2 is 0.976 bits per heavy atom. The number of ether oxygens (including phenoxy) is 3. The number of hydrogen-bond donors (Lipinski definition) is 1. The molecule has 9 rings (SSSR count). The smallest absolute Gasteiger partial charge is 0.428 e. The first-order valence-corrected chi connectivity index (χ1v) is 33.5. The monoisotopic (exact) mass is 1180 g/mol. The van der Waals surface area contributed by atoms with Crippen molar-refractivity contribution >= 4 is 33.0 Å². The second-order valence-electron chi connectivity index (χ2n) is 23.8. The molecule has 0 spiro atoms. The van der Waals surface area contributed by atoms with Crippen LogP contribution in [0.2, 0.25) is 0 Å². The van der Waals surface area contributed by atoms with Crippen molar-refractivity contribution in [2.24, 2.45) is 29.1 Å². The first-order valence-electron chi connectivity index (χ1n) is 30.8. The number of carbonyl (C=O) groups is 2. The Morgan fingerprint density at radius 1 is 0.590 bits per heavy atom. The van der Waals surface area contributed by atoms with Crippen molar-refractivity contribution in [1.82, 2.24) is 0 Å². The fourth-order valence-corrected chi connectivity index (χ4v) is 14.0. The van der Waals surface area contributed by atoms with Crippen molar-refractivity contribution < 1.29 is 50.7 Å². The van der Waals surface area contributed by atoms with Gasteiger partial charge in [0.2, 0.25) is 0 Å². The number of benzene rings is 5. The molecule has 9 nitrogen and oxygen atoms in total. The Kier molecular flexibility index (Phi) is 28.1. The number of esters is 2. The molecule has 4 aliphatic rings. The Bertz CT molecular complexity index is 2620. The number of rotatable bonds is 27. The lowest BCUT2D eigenvalue weighted by molar-refractivity contribution is -0.218. The highest BCUT2D eigenvalue weighted by atomic mass is 32.2. The van der Waals surface area contributed by atoms with E-state index in [-0.39, 0.29) is 34.5 Å². The molecule has 0 saturated heterocycles. The van der Waals surface area contributed by atoms with Crippen molar-refractivity contribution in [3.63, 3.8) is 0 Å². The van der Waals surface area contributed by atoms with Crippen LogP contribution >= 0.6 is 0 Å². The Morgan fingerprint density at radius 3 is 1.35 bits per heavy atom. The molecular weight excluding hydrogens is 1090 g/mol. The van der Waals surface area contributed by atoms with E-state index in [9.17, 15) is 31.3 Å². The standard InChI is InChI=1S/C24H38F2O6S.C18H30O2.C18H15S.C10H14O/c1-3-20(2)21-14-16-22(17-15-21)31-18-12-10-8-6-4-5-7-9-11-13-19-32-23(27)24(25,26)33(28,29)30;1-5-17(3,4)16(19)20-18(6-2)14-8-12-7-13(10-14)11-15(18)9-12;1-4-10-16(11-5-1)19(17-12-6-2-7-13-17)18-14-8-3-9-15-18;1-3-8(2)9-4-6-10(11)7-5-9/h14-17,20H,3-13,18-19H2,1-2H3,(H,28,29,30);12-15H,5-11H2,1-4H3;1-15H;4-8,11H,3H2,1-2H3/q;;+1;/p-1. The molecule has 4 fully saturated rings. The Hall–Kier alpha value is -5.24. The molecule has 0 aliphatic heterocycles. The van der Waals surface area contributed by atoms with Crippen LogP contribution in [0.15, 0.2) is 154 Å². The maximum absolute atomic E-state index is 12.9. The van der Waals surface area contributed by atoms with Gasteiger partial charge in [-0.3, -0.25) is 4.79 Å². The average Bonchev–Trinajstić information content (AvgIpc) is 1.90. The van der Waals surface area contributed by atoms with Gasteiger partial charge in [0.15, 0.2) is 24.8 Å². The number of alkyl halides is 2. The van der Waals surface area contributed by atoms with Gasteiger partial charge in [-0.1, -0.05) is 172 Å². The zero-order valence-corrected chi connectivity index (χ0v) is 52.5. The van der Waals surface area contributed by atoms with E-state index in [0.717, 1.165) is 101 Å². The summed E-state index contributed by atoms with van der Waals surface area (Å²) >= 11 is 0. The van der Waals surface area contributed by atoms with E-state index >= 15 is 0 Å². The second kappa shape index (κ2) is 34.0. The molecule has 83 heavy (non-hydrogen) atoms. The van der Waals surface area contributed by atoms with Crippen molar-refractivity contribution in [2.45, 2.75) is 215 Å². The molecule has 13 heteroatoms. The molecule has 0 radical (unpaired) electrons. The first-order chi connectivity index (χ1) is 39.7. The third-order valence-electron chi connectivity index (χ3n) is 17.5. The van der Waals surface area contributed by atoms with E-state index in [2.05, 4.69) is 149 Å². The van der Waals surface area contributed by atoms with Gasteiger partial charge in [-0.2, -0.15) is 8.78 Å². The molecular formula is C70H96F2O9S2. The highest BCUT2D eigenvalue weighted by Gasteiger charge is 2.59. The van der Waals surface area contributed by atoms with E-state index in [1.165, 1.54) is 57.9 Å². The highest BCUT2D eigenvalue weighted by Crippen LogP contribution is 2.61. The van der Waals surface area contributed by atoms with Crippen LogP contribution in [0.5, 0.6) is 11.5 Å². The van der Waals surface area contributed by atoms with E-state index in [4.69, 9.17) is 14.6 Å². The van der Waals surface area contributed by atoms with Gasteiger partial charge in [-0.25, -0.2) is 13.2 Å². The molecule has 4 saturated carbocycles. The maximum Gasteiger partial charge on any atom is 0.428 e. The van der Waals surface area contributed by atoms with Crippen molar-refractivity contribution in [3.8, 4) is 11.5 Å². The molecule has 456 valence electrons. The largest absolute Gasteiger partial charge is 0.743 e. The van der Waals surface area contributed by atoms with Crippen LogP contribution < -0.4 is 4.74 Å². The average molecular weight is 1180 g/mol. The van der Waals surface area contributed by atoms with Crippen LogP contribution in [0.1, 0.15) is 200 Å². The molecule has 0 amide bonds. The van der Waals surface area contributed by atoms with Crippen LogP contribution in [0, 0.1) is 29.1 Å². The molecule has 2 unspecified atom stereocenters. The minimum atomic E-state index is -6.05. The van der Waals surface area contributed by atoms with Gasteiger partial charge < -0.3 is 23.9 Å². The number of hydrogen-bond acceptors (Lipinski definition) is 9. The molecule has 5 aromatic rings. The first kappa shape index (κ1) is 68.5. The van der Waals surface area contributed by atoms with Crippen LogP contribution in [0.3, 0.4) is 0 Å². The van der Waals surface area contributed by atoms with Gasteiger partial charge in [-0.15, -0.1) is 0 Å². The summed E-state index contributed by atoms with van der Waals surface area (Å²) in [6.07, 6.45) is 20.4. The summed E-state index contributed by atoms with van der Waals surface area (Å²) in [6.45, 7) is 17.5. The fourth-order valence-electron chi connectivity index (χ4n) is 11.7. The number of carbonyl (C=O) groups excluding carboxylic acids is 2. The second-order valence-corrected chi connectivity index (χ2v) is 27.2. The van der Waals surface area contributed by atoms with Crippen molar-refractivity contribution in [3.05, 3.63) is 151 Å². The molecule has 5 aromatic carbocycles. The SMILES string of the molecule is CCC(C)(C)C(=O)OC1(CC)C2CC3CC(C2)CC1C3.CCC(C)c1ccc(O)cc1.CCC(C)c1ccc(OCCCCCCCCCCCCOC(=O)C(F)(F)S(=O)(=O)[O-])cc1.c1ccc([S+](c2ccccc2)c2ccccc2)cc1. The molecule has 0 aromatic heterocycles. The topological polar surface area (TPSA) is 139 Å². The quantitative estimate of drug-likeness (QED) is 0.0236. The Labute approximate surface area is 500 Å². The minimum Gasteiger partial charge on any atom is -0.743 e. The lowest BCUT2D eigenvalue weighted by Gasteiger charge is -2.60. The van der Waals surface area contributed by atoms with E-state index in [0.29, 0.717) is 42.3 Å². The normalized spacial score (nSPS) is 19.6. The van der Waals surface area contributed by atoms with Gasteiger partial charge >= 0.3 is 17.2 Å². The number of unbranched alkanes of at least 4 members (excludes halogenated alkanes) is 9. The summed E-state index contributed by atoms with van der Waals surface area (Å²) in [5.41, 5.74) is 2.17. The zero-order chi connectivity index (χ0) is 60.5. The summed E-state index contributed by atoms with van der Waals surface area (Å²) in [7, 11) is -6.07. The van der Waals surface area contributed by atoms with Crippen LogP contribution in [-0.2, 0) is 40.1 Å². The summed E-state index contributed by atoms with van der Waals surface area (Å²) < 4.78 is 73.0. The van der Waals surface area contributed by atoms with Gasteiger partial charge in [-0.05, 0) is 192 Å². The van der Waals surface area contributed by atoms with Crippen LogP contribution in [-0.4, -0.2) is 54.1 Å². The summed E-state index contributed by atoms with van der Waals surface area (Å²) in [4.78, 5) is 27.7. The van der Waals surface area contributed by atoms with E-state index in [1.807, 2.05) is 38.1 Å². The summed E-state index contributed by atoms with van der Waals surface area (Å²) in [5.74, 6) is 3.29. The predicted molar refractivity (Wildman–Crippen MR) is 331 cm³/mol. The fraction of sp³-hybridized carbons (Fsp3) is 0.543. The molecule has 2 atom stereocenters. The molecule has 0 heterocycles. The minimum absolute atomic E-state index is 0.0146. The maximum atomic E-state index is 12.9. The lowest BCUT2D eigenvalue weighted by atomic mass is 9.49.